The number of nitrogens with one attached hydrogen (secondary N) is 1. The Balaban J connectivity index is 1.27. The van der Waals surface area contributed by atoms with Crippen LogP contribution in [0.3, 0.4) is 0 Å². The maximum absolute atomic E-state index is 12.8. The minimum absolute atomic E-state index is 0.0173. The van der Waals surface area contributed by atoms with Crippen LogP contribution in [0.1, 0.15) is 0 Å². The van der Waals surface area contributed by atoms with Crippen LogP contribution >= 0.6 is 0 Å². The number of nitrogens with zero attached hydrogens (tertiary/aromatic N) is 3. The van der Waals surface area contributed by atoms with Crippen molar-refractivity contribution in [2.75, 3.05) is 36.6 Å². The first-order chi connectivity index (χ1) is 14.2. The minimum Gasteiger partial charge on any atom is -0.454 e. The predicted octanol–water partition coefficient (Wildman–Crippen LogP) is 2.84. The van der Waals surface area contributed by atoms with Gasteiger partial charge in [0.2, 0.25) is 12.7 Å². The second kappa shape index (κ2) is 6.97. The highest BCUT2D eigenvalue weighted by Gasteiger charge is 2.31. The molecule has 3 aromatic rings. The molecule has 3 heterocycles. The van der Waals surface area contributed by atoms with Gasteiger partial charge in [0.25, 0.3) is 0 Å². The van der Waals surface area contributed by atoms with Crippen molar-refractivity contribution in [3.8, 4) is 11.5 Å². The summed E-state index contributed by atoms with van der Waals surface area (Å²) in [6, 6.07) is 14.5. The summed E-state index contributed by atoms with van der Waals surface area (Å²) >= 11 is 0. The number of pyridine rings is 1. The van der Waals surface area contributed by atoms with Gasteiger partial charge in [0.15, 0.2) is 11.5 Å². The van der Waals surface area contributed by atoms with Crippen LogP contribution in [-0.4, -0.2) is 48.2 Å². The van der Waals surface area contributed by atoms with Gasteiger partial charge in [-0.25, -0.2) is 4.79 Å². The molecule has 0 aliphatic carbocycles. The molecule has 146 valence electrons. The summed E-state index contributed by atoms with van der Waals surface area (Å²) in [4.78, 5) is 32.8. The van der Waals surface area contributed by atoms with Gasteiger partial charge in [-0.05, 0) is 36.4 Å². The van der Waals surface area contributed by atoms with Gasteiger partial charge < -0.3 is 19.7 Å². The molecule has 0 saturated carbocycles. The third-order valence-electron chi connectivity index (χ3n) is 5.02. The maximum Gasteiger partial charge on any atom is 0.325 e. The number of aromatic nitrogens is 1. The fourth-order valence-electron chi connectivity index (χ4n) is 3.60. The fourth-order valence-corrected chi connectivity index (χ4v) is 3.60. The van der Waals surface area contributed by atoms with E-state index >= 15 is 0 Å². The van der Waals surface area contributed by atoms with Crippen molar-refractivity contribution in [2.45, 2.75) is 0 Å². The molecule has 1 N–H and O–H groups in total. The quantitative estimate of drug-likeness (QED) is 0.741. The molecule has 0 unspecified atom stereocenters. The molecule has 29 heavy (non-hydrogen) atoms. The Morgan fingerprint density at radius 1 is 1.07 bits per heavy atom. The molecule has 1 fully saturated rings. The fraction of sp³-hybridized carbons (Fsp3) is 0.190. The molecule has 0 radical (unpaired) electrons. The molecule has 5 rings (SSSR count). The lowest BCUT2D eigenvalue weighted by Crippen LogP contribution is -2.37. The first-order valence-corrected chi connectivity index (χ1v) is 9.29. The van der Waals surface area contributed by atoms with Gasteiger partial charge >= 0.3 is 6.03 Å². The standard InChI is InChI=1S/C21H18N4O4/c26-20(23-17-5-1-4-16-15(17)3-2-8-22-16)12-24-9-10-25(21(24)27)14-6-7-18-19(11-14)29-13-28-18/h1-8,11H,9-10,12-13H2,(H,23,26). The summed E-state index contributed by atoms with van der Waals surface area (Å²) in [5.41, 5.74) is 2.21. The zero-order valence-corrected chi connectivity index (χ0v) is 15.5. The van der Waals surface area contributed by atoms with Crippen molar-refractivity contribution in [2.24, 2.45) is 0 Å². The van der Waals surface area contributed by atoms with Crippen LogP contribution in [0.5, 0.6) is 11.5 Å². The number of hydrogen-bond donors (Lipinski definition) is 1. The average molecular weight is 390 g/mol. The van der Waals surface area contributed by atoms with E-state index in [0.717, 1.165) is 16.6 Å². The highest BCUT2D eigenvalue weighted by atomic mass is 16.7. The Labute approximate surface area is 166 Å². The van der Waals surface area contributed by atoms with E-state index in [0.29, 0.717) is 30.3 Å². The first kappa shape index (κ1) is 17.3. The number of ether oxygens (including phenoxy) is 2. The zero-order valence-electron chi connectivity index (χ0n) is 15.5. The van der Waals surface area contributed by atoms with Crippen LogP contribution in [0.25, 0.3) is 10.9 Å². The highest BCUT2D eigenvalue weighted by molar-refractivity contribution is 6.03. The Morgan fingerprint density at radius 2 is 1.97 bits per heavy atom. The van der Waals surface area contributed by atoms with Crippen LogP contribution in [0.2, 0.25) is 0 Å². The van der Waals surface area contributed by atoms with Crippen molar-refractivity contribution in [1.29, 1.82) is 0 Å². The van der Waals surface area contributed by atoms with E-state index in [4.69, 9.17) is 9.47 Å². The number of carbonyl (C=O) groups is 2. The lowest BCUT2D eigenvalue weighted by atomic mass is 10.2. The van der Waals surface area contributed by atoms with E-state index in [-0.39, 0.29) is 25.3 Å². The van der Waals surface area contributed by atoms with Crippen LogP contribution in [0.4, 0.5) is 16.2 Å². The molecule has 0 spiro atoms. The van der Waals surface area contributed by atoms with Crippen LogP contribution < -0.4 is 19.7 Å². The topological polar surface area (TPSA) is 84.0 Å². The Morgan fingerprint density at radius 3 is 2.90 bits per heavy atom. The first-order valence-electron chi connectivity index (χ1n) is 9.29. The van der Waals surface area contributed by atoms with Crippen LogP contribution in [0.15, 0.2) is 54.7 Å². The lowest BCUT2D eigenvalue weighted by Gasteiger charge is -2.19. The summed E-state index contributed by atoms with van der Waals surface area (Å²) in [7, 11) is 0. The van der Waals surface area contributed by atoms with Crippen molar-refractivity contribution < 1.29 is 19.1 Å². The number of carbonyl (C=O) groups excluding carboxylic acids is 2. The molecule has 1 aromatic heterocycles. The number of benzene rings is 2. The van der Waals surface area contributed by atoms with E-state index in [1.807, 2.05) is 36.4 Å². The Hall–Kier alpha value is -3.81. The molecule has 2 aromatic carbocycles. The van der Waals surface area contributed by atoms with Gasteiger partial charge in [-0.3, -0.25) is 14.7 Å². The monoisotopic (exact) mass is 390 g/mol. The zero-order chi connectivity index (χ0) is 19.8. The third-order valence-corrected chi connectivity index (χ3v) is 5.02. The van der Waals surface area contributed by atoms with Crippen LogP contribution in [0, 0.1) is 0 Å². The third kappa shape index (κ3) is 3.18. The number of fused-ring (bicyclic) bond motifs is 2. The van der Waals surface area contributed by atoms with E-state index in [1.165, 1.54) is 4.90 Å². The summed E-state index contributed by atoms with van der Waals surface area (Å²) in [6.45, 7) is 1.14. The number of urea groups is 1. The second-order valence-electron chi connectivity index (χ2n) is 6.82. The summed E-state index contributed by atoms with van der Waals surface area (Å²) in [5.74, 6) is 1.04. The molecule has 2 aliphatic rings. The summed E-state index contributed by atoms with van der Waals surface area (Å²) < 4.78 is 10.7. The Bertz CT molecular complexity index is 1110. The summed E-state index contributed by atoms with van der Waals surface area (Å²) in [6.07, 6.45) is 1.71. The van der Waals surface area contributed by atoms with E-state index < -0.39 is 0 Å². The van der Waals surface area contributed by atoms with Crippen molar-refractivity contribution >= 4 is 34.2 Å². The predicted molar refractivity (Wildman–Crippen MR) is 107 cm³/mol. The normalized spacial score (nSPS) is 15.2. The van der Waals surface area contributed by atoms with Crippen molar-refractivity contribution in [1.82, 2.24) is 9.88 Å². The van der Waals surface area contributed by atoms with Gasteiger partial charge in [-0.2, -0.15) is 0 Å². The van der Waals surface area contributed by atoms with Crippen LogP contribution in [-0.2, 0) is 4.79 Å². The SMILES string of the molecule is O=C(CN1CCN(c2ccc3c(c2)OCO3)C1=O)Nc1cccc2ncccc12. The molecular weight excluding hydrogens is 372 g/mol. The lowest BCUT2D eigenvalue weighted by molar-refractivity contribution is -0.116. The van der Waals surface area contributed by atoms with E-state index in [2.05, 4.69) is 10.3 Å². The smallest absolute Gasteiger partial charge is 0.325 e. The van der Waals surface area contributed by atoms with E-state index in [1.54, 1.807) is 23.2 Å². The molecular formula is C21H18N4O4. The largest absolute Gasteiger partial charge is 0.454 e. The number of hydrogen-bond acceptors (Lipinski definition) is 5. The van der Waals surface area contributed by atoms with Crippen molar-refractivity contribution in [3.63, 3.8) is 0 Å². The molecule has 8 heteroatoms. The molecule has 3 amide bonds. The van der Waals surface area contributed by atoms with Crippen molar-refractivity contribution in [3.05, 3.63) is 54.7 Å². The average Bonchev–Trinajstić information content (AvgIpc) is 3.34. The van der Waals surface area contributed by atoms with Gasteiger partial charge in [-0.1, -0.05) is 6.07 Å². The molecule has 2 aliphatic heterocycles. The minimum atomic E-state index is -0.248. The van der Waals surface area contributed by atoms with Gasteiger partial charge in [0.05, 0.1) is 11.2 Å². The highest BCUT2D eigenvalue weighted by Crippen LogP contribution is 2.36. The molecule has 0 atom stereocenters. The number of rotatable bonds is 4. The Kier molecular flexibility index (Phi) is 4.16. The maximum atomic E-state index is 12.8. The van der Waals surface area contributed by atoms with Gasteiger partial charge in [0.1, 0.15) is 6.54 Å². The molecule has 0 bridgehead atoms. The van der Waals surface area contributed by atoms with Gasteiger partial charge in [0, 0.05) is 36.4 Å². The van der Waals surface area contributed by atoms with E-state index in [9.17, 15) is 9.59 Å². The second-order valence-corrected chi connectivity index (χ2v) is 6.82. The number of amides is 3. The summed E-state index contributed by atoms with van der Waals surface area (Å²) in [5, 5.41) is 3.75. The molecule has 8 nitrogen and oxygen atoms in total. The van der Waals surface area contributed by atoms with Gasteiger partial charge in [-0.15, -0.1) is 0 Å². The number of anilines is 2. The molecule has 1 saturated heterocycles.